The number of carbonyl (C=O) groups is 2. The number of fused-ring (bicyclic) bond motifs is 1. The fourth-order valence-electron chi connectivity index (χ4n) is 2.82. The lowest BCUT2D eigenvalue weighted by molar-refractivity contribution is 0.209. The van der Waals surface area contributed by atoms with Gasteiger partial charge >= 0.3 is 12.1 Å². The van der Waals surface area contributed by atoms with Crippen LogP contribution in [-0.2, 0) is 0 Å². The van der Waals surface area contributed by atoms with Crippen LogP contribution in [-0.4, -0.2) is 26.9 Å². The average Bonchev–Trinajstić information content (AvgIpc) is 2.99. The van der Waals surface area contributed by atoms with Gasteiger partial charge in [-0.25, -0.2) is 19.0 Å². The molecule has 0 saturated heterocycles. The number of pyridine rings is 1. The van der Waals surface area contributed by atoms with Gasteiger partial charge in [-0.1, -0.05) is 12.1 Å². The Morgan fingerprint density at radius 3 is 2.52 bits per heavy atom. The van der Waals surface area contributed by atoms with Crippen LogP contribution in [0.4, 0.5) is 19.8 Å². The number of hydrogen-bond acceptors (Lipinski definition) is 5. The first-order chi connectivity index (χ1) is 13.7. The quantitative estimate of drug-likeness (QED) is 0.605. The number of aromatic nitrogens is 3. The number of carbonyl (C=O) groups excluding carboxylic acids is 2. The minimum Gasteiger partial charge on any atom is -0.389 e. The molecular formula is C19H21FN6O3. The normalized spacial score (nSPS) is 12.0. The molecule has 3 amide bonds. The molecule has 0 radical (unpaired) electrons. The summed E-state index contributed by atoms with van der Waals surface area (Å²) in [6.07, 6.45) is 0.468. The lowest BCUT2D eigenvalue weighted by Gasteiger charge is -2.15. The van der Waals surface area contributed by atoms with Crippen molar-refractivity contribution in [1.29, 1.82) is 0 Å². The van der Waals surface area contributed by atoms with Gasteiger partial charge < -0.3 is 15.8 Å². The van der Waals surface area contributed by atoms with E-state index in [-0.39, 0.29) is 29.6 Å². The zero-order valence-corrected chi connectivity index (χ0v) is 16.1. The topological polar surface area (TPSA) is 124 Å². The van der Waals surface area contributed by atoms with Gasteiger partial charge in [0.05, 0.1) is 16.9 Å². The number of urea groups is 1. The summed E-state index contributed by atoms with van der Waals surface area (Å²) in [6, 6.07) is 6.65. The summed E-state index contributed by atoms with van der Waals surface area (Å²) in [4.78, 5) is 27.6. The van der Waals surface area contributed by atoms with Crippen LogP contribution in [0, 0.1) is 5.82 Å². The fourth-order valence-corrected chi connectivity index (χ4v) is 2.82. The zero-order chi connectivity index (χ0) is 21.1. The number of nitrogens with two attached hydrogens (primary N) is 1. The number of nitrogens with one attached hydrogen (secondary N) is 2. The summed E-state index contributed by atoms with van der Waals surface area (Å²) in [7, 11) is 0. The van der Waals surface area contributed by atoms with Gasteiger partial charge in [0.15, 0.2) is 0 Å². The predicted octanol–water partition coefficient (Wildman–Crippen LogP) is 3.49. The summed E-state index contributed by atoms with van der Waals surface area (Å²) in [5.74, 6) is -0.00674. The summed E-state index contributed by atoms with van der Waals surface area (Å²) >= 11 is 0. The van der Waals surface area contributed by atoms with E-state index in [9.17, 15) is 14.0 Å². The van der Waals surface area contributed by atoms with Crippen LogP contribution in [0.15, 0.2) is 36.5 Å². The van der Waals surface area contributed by atoms with Gasteiger partial charge in [-0.05, 0) is 38.5 Å². The highest BCUT2D eigenvalue weighted by atomic mass is 19.1. The van der Waals surface area contributed by atoms with Gasteiger partial charge in [0, 0.05) is 18.3 Å². The molecule has 2 aromatic heterocycles. The molecule has 0 saturated carbocycles. The Morgan fingerprint density at radius 1 is 1.21 bits per heavy atom. The number of halogens is 1. The Labute approximate surface area is 166 Å². The Hall–Kier alpha value is -3.69. The minimum atomic E-state index is -0.975. The van der Waals surface area contributed by atoms with E-state index in [4.69, 9.17) is 10.5 Å². The van der Waals surface area contributed by atoms with Crippen molar-refractivity contribution < 1.29 is 18.7 Å². The third kappa shape index (κ3) is 4.60. The van der Waals surface area contributed by atoms with Crippen LogP contribution in [0.2, 0.25) is 0 Å². The van der Waals surface area contributed by atoms with Crippen LogP contribution in [0.5, 0.6) is 5.88 Å². The number of anilines is 1. The smallest absolute Gasteiger partial charge is 0.389 e. The van der Waals surface area contributed by atoms with Crippen molar-refractivity contribution in [3.63, 3.8) is 0 Å². The Balaban J connectivity index is 1.79. The van der Waals surface area contributed by atoms with E-state index in [2.05, 4.69) is 20.7 Å². The number of benzene rings is 1. The van der Waals surface area contributed by atoms with Crippen molar-refractivity contribution in [2.45, 2.75) is 32.9 Å². The molecular weight excluding hydrogens is 379 g/mol. The maximum atomic E-state index is 13.0. The molecule has 10 heteroatoms. The van der Waals surface area contributed by atoms with E-state index >= 15 is 0 Å². The summed E-state index contributed by atoms with van der Waals surface area (Å²) in [6.45, 7) is 5.60. The summed E-state index contributed by atoms with van der Waals surface area (Å²) in [5.41, 5.74) is 6.46. The molecule has 3 aromatic rings. The highest BCUT2D eigenvalue weighted by Crippen LogP contribution is 2.28. The molecule has 1 atom stereocenters. The lowest BCUT2D eigenvalue weighted by atomic mass is 10.1. The van der Waals surface area contributed by atoms with Crippen molar-refractivity contribution >= 4 is 28.8 Å². The minimum absolute atomic E-state index is 0.0368. The lowest BCUT2D eigenvalue weighted by Crippen LogP contribution is -2.31. The summed E-state index contributed by atoms with van der Waals surface area (Å²) in [5, 5.41) is 10.1. The zero-order valence-electron chi connectivity index (χ0n) is 16.1. The number of nitrogens with zero attached hydrogens (tertiary/aromatic N) is 3. The van der Waals surface area contributed by atoms with Crippen LogP contribution < -0.4 is 21.1 Å². The van der Waals surface area contributed by atoms with Gasteiger partial charge in [0.2, 0.25) is 0 Å². The maximum Gasteiger partial charge on any atom is 0.411 e. The third-order valence-corrected chi connectivity index (χ3v) is 4.20. The van der Waals surface area contributed by atoms with Gasteiger partial charge in [0.1, 0.15) is 11.6 Å². The number of amides is 3. The Bertz CT molecular complexity index is 1050. The molecule has 1 aromatic carbocycles. The molecule has 152 valence electrons. The monoisotopic (exact) mass is 400 g/mol. The molecule has 0 spiro atoms. The Morgan fingerprint density at radius 2 is 1.90 bits per heavy atom. The van der Waals surface area contributed by atoms with Crippen LogP contribution >= 0.6 is 0 Å². The van der Waals surface area contributed by atoms with Crippen LogP contribution in [0.3, 0.4) is 0 Å². The van der Waals surface area contributed by atoms with Gasteiger partial charge in [-0.15, -0.1) is 5.10 Å². The second kappa shape index (κ2) is 8.13. The second-order valence-corrected chi connectivity index (χ2v) is 6.72. The van der Waals surface area contributed by atoms with E-state index in [1.54, 1.807) is 29.8 Å². The largest absolute Gasteiger partial charge is 0.411 e. The number of hydrogen-bond donors (Lipinski definition) is 3. The van der Waals surface area contributed by atoms with Gasteiger partial charge in [-0.3, -0.25) is 10.00 Å². The first kappa shape index (κ1) is 20.1. The number of primary amides is 1. The first-order valence-corrected chi connectivity index (χ1v) is 8.93. The standard InChI is InChI=1S/C19H21FN6O3/c1-10(2)26-15-8-16(22-9-14(15)17(25-26)29-18(21)27)24-19(28)23-11(3)12-4-6-13(20)7-5-12/h4-11H,1-3H3,(H2,21,27)(H2,22,23,24,28)/t11-/m1/s1. The van der Waals surface area contributed by atoms with Crippen molar-refractivity contribution in [3.8, 4) is 5.88 Å². The fraction of sp³-hybridized carbons (Fsp3) is 0.263. The molecule has 0 fully saturated rings. The van der Waals surface area contributed by atoms with Gasteiger partial charge in [0.25, 0.3) is 5.88 Å². The van der Waals surface area contributed by atoms with Crippen LogP contribution in [0.1, 0.15) is 38.4 Å². The molecule has 4 N–H and O–H groups in total. The van der Waals surface area contributed by atoms with Crippen molar-refractivity contribution in [3.05, 3.63) is 47.9 Å². The molecule has 2 heterocycles. The highest BCUT2D eigenvalue weighted by Gasteiger charge is 2.18. The molecule has 9 nitrogen and oxygen atoms in total. The number of ether oxygens (including phenoxy) is 1. The first-order valence-electron chi connectivity index (χ1n) is 8.93. The van der Waals surface area contributed by atoms with Crippen molar-refractivity contribution in [2.75, 3.05) is 5.32 Å². The molecule has 0 aliphatic carbocycles. The highest BCUT2D eigenvalue weighted by molar-refractivity contribution is 5.93. The third-order valence-electron chi connectivity index (χ3n) is 4.20. The maximum absolute atomic E-state index is 13.0. The molecule has 0 unspecified atom stereocenters. The van der Waals surface area contributed by atoms with Gasteiger partial charge in [-0.2, -0.15) is 0 Å². The van der Waals surface area contributed by atoms with Crippen molar-refractivity contribution in [2.24, 2.45) is 5.73 Å². The molecule has 29 heavy (non-hydrogen) atoms. The van der Waals surface area contributed by atoms with E-state index < -0.39 is 12.1 Å². The average molecular weight is 400 g/mol. The van der Waals surface area contributed by atoms with Crippen molar-refractivity contribution in [1.82, 2.24) is 20.1 Å². The second-order valence-electron chi connectivity index (χ2n) is 6.72. The molecule has 0 aliphatic rings. The Kier molecular flexibility index (Phi) is 5.62. The van der Waals surface area contributed by atoms with E-state index in [0.29, 0.717) is 10.9 Å². The predicted molar refractivity (Wildman–Crippen MR) is 105 cm³/mol. The van der Waals surface area contributed by atoms with E-state index in [1.165, 1.54) is 18.3 Å². The number of rotatable bonds is 5. The molecule has 3 rings (SSSR count). The molecule has 0 aliphatic heterocycles. The summed E-state index contributed by atoms with van der Waals surface area (Å²) < 4.78 is 19.6. The SMILES string of the molecule is CC(C)n1nc(OC(N)=O)c2cnc(NC(=O)N[C@H](C)c3ccc(F)cc3)cc21. The van der Waals surface area contributed by atoms with Crippen LogP contribution in [0.25, 0.3) is 10.9 Å². The van der Waals surface area contributed by atoms with E-state index in [1.807, 2.05) is 13.8 Å². The van der Waals surface area contributed by atoms with E-state index in [0.717, 1.165) is 5.56 Å². The molecule has 0 bridgehead atoms.